The third-order valence-corrected chi connectivity index (χ3v) is 5.82. The Morgan fingerprint density at radius 1 is 1.14 bits per heavy atom. The van der Waals surface area contributed by atoms with Gasteiger partial charge >= 0.3 is 0 Å². The average Bonchev–Trinajstić information content (AvgIpc) is 2.18. The summed E-state index contributed by atoms with van der Waals surface area (Å²) in [5, 5.41) is -0.0216. The number of hydrogen-bond acceptors (Lipinski definition) is 4. The molecular weight excluding hydrogens is 357 g/mol. The van der Waals surface area contributed by atoms with Gasteiger partial charge in [-0.1, -0.05) is 32.4 Å². The topological polar surface area (TPSA) is 80.3 Å². The van der Waals surface area contributed by atoms with E-state index in [1.54, 1.807) is 27.7 Å². The van der Waals surface area contributed by atoms with E-state index >= 15 is 0 Å². The molecule has 1 aromatic carbocycles. The molecule has 0 radical (unpaired) electrons. The molecule has 0 bridgehead atoms. The van der Waals surface area contributed by atoms with Crippen molar-refractivity contribution in [1.29, 1.82) is 0 Å². The van der Waals surface area contributed by atoms with Gasteiger partial charge in [0, 0.05) is 10.7 Å². The van der Waals surface area contributed by atoms with E-state index in [2.05, 4.69) is 4.72 Å². The van der Waals surface area contributed by atoms with Crippen molar-refractivity contribution in [3.63, 3.8) is 0 Å². The number of aryl methyl sites for hydroxylation is 1. The number of halogens is 2. The van der Waals surface area contributed by atoms with E-state index in [-0.39, 0.29) is 21.4 Å². The minimum Gasteiger partial charge on any atom is -0.282 e. The third kappa shape index (κ3) is 5.65. The second kappa shape index (κ2) is 5.95. The van der Waals surface area contributed by atoms with Crippen molar-refractivity contribution < 1.29 is 16.8 Å². The lowest BCUT2D eigenvalue weighted by molar-refractivity contribution is 0.463. The van der Waals surface area contributed by atoms with Crippen molar-refractivity contribution in [1.82, 2.24) is 0 Å². The fourth-order valence-electron chi connectivity index (χ4n) is 1.74. The summed E-state index contributed by atoms with van der Waals surface area (Å²) in [5.74, 6) is -0.0919. The molecule has 0 amide bonds. The summed E-state index contributed by atoms with van der Waals surface area (Å²) in [4.78, 5) is -0.176. The van der Waals surface area contributed by atoms with E-state index in [1.165, 1.54) is 6.07 Å². The van der Waals surface area contributed by atoms with Gasteiger partial charge in [-0.15, -0.1) is 0 Å². The van der Waals surface area contributed by atoms with Crippen LogP contribution in [0, 0.1) is 12.3 Å². The van der Waals surface area contributed by atoms with Crippen LogP contribution in [0.25, 0.3) is 0 Å². The van der Waals surface area contributed by atoms with Crippen LogP contribution in [-0.2, 0) is 19.1 Å². The van der Waals surface area contributed by atoms with E-state index in [0.29, 0.717) is 5.56 Å². The highest BCUT2D eigenvalue weighted by Crippen LogP contribution is 2.32. The molecule has 1 rings (SSSR count). The molecule has 21 heavy (non-hydrogen) atoms. The Bertz CT molecular complexity index is 727. The summed E-state index contributed by atoms with van der Waals surface area (Å²) in [5.41, 5.74) is 0.107. The van der Waals surface area contributed by atoms with E-state index < -0.39 is 24.5 Å². The van der Waals surface area contributed by atoms with Crippen molar-refractivity contribution in [3.8, 4) is 0 Å². The first-order chi connectivity index (χ1) is 9.21. The minimum absolute atomic E-state index is 0.0216. The quantitative estimate of drug-likeness (QED) is 0.820. The van der Waals surface area contributed by atoms with Crippen LogP contribution in [0.4, 0.5) is 5.69 Å². The van der Waals surface area contributed by atoms with Gasteiger partial charge in [0.1, 0.15) is 0 Å². The maximum Gasteiger partial charge on any atom is 0.261 e. The largest absolute Gasteiger partial charge is 0.282 e. The van der Waals surface area contributed by atoms with Gasteiger partial charge in [0.15, 0.2) is 0 Å². The van der Waals surface area contributed by atoms with Gasteiger partial charge in [0.25, 0.3) is 9.05 Å². The van der Waals surface area contributed by atoms with Crippen LogP contribution in [0.15, 0.2) is 17.0 Å². The Hall–Kier alpha value is -0.500. The summed E-state index contributed by atoms with van der Waals surface area (Å²) in [6, 6.07) is 2.38. The van der Waals surface area contributed by atoms with E-state index in [4.69, 9.17) is 22.3 Å². The van der Waals surface area contributed by atoms with Gasteiger partial charge in [-0.2, -0.15) is 0 Å². The Morgan fingerprint density at radius 2 is 1.67 bits per heavy atom. The highest BCUT2D eigenvalue weighted by atomic mass is 35.7. The number of nitrogens with one attached hydrogen (secondary N) is 1. The molecule has 0 unspecified atom stereocenters. The maximum atomic E-state index is 12.1. The highest BCUT2D eigenvalue weighted by Gasteiger charge is 2.24. The van der Waals surface area contributed by atoms with Crippen LogP contribution >= 0.6 is 22.3 Å². The van der Waals surface area contributed by atoms with Crippen LogP contribution in [0.5, 0.6) is 0 Å². The molecule has 0 fully saturated rings. The van der Waals surface area contributed by atoms with Crippen LogP contribution < -0.4 is 4.72 Å². The molecule has 0 aromatic heterocycles. The van der Waals surface area contributed by atoms with E-state index in [9.17, 15) is 16.8 Å². The molecule has 1 aromatic rings. The molecule has 0 atom stereocenters. The molecule has 0 saturated carbocycles. The van der Waals surface area contributed by atoms with Gasteiger partial charge in [-0.3, -0.25) is 4.72 Å². The lowest BCUT2D eigenvalue weighted by Crippen LogP contribution is -2.26. The van der Waals surface area contributed by atoms with Crippen LogP contribution in [0.3, 0.4) is 0 Å². The molecular formula is C12H17Cl2NO4S2. The zero-order valence-electron chi connectivity index (χ0n) is 12.1. The van der Waals surface area contributed by atoms with Crippen molar-refractivity contribution in [2.24, 2.45) is 5.41 Å². The van der Waals surface area contributed by atoms with E-state index in [1.807, 2.05) is 0 Å². The third-order valence-electron chi connectivity index (χ3n) is 2.42. The molecule has 0 aliphatic heterocycles. The van der Waals surface area contributed by atoms with Gasteiger partial charge < -0.3 is 0 Å². The monoisotopic (exact) mass is 373 g/mol. The Labute approximate surface area is 135 Å². The smallest absolute Gasteiger partial charge is 0.261 e. The van der Waals surface area contributed by atoms with Crippen molar-refractivity contribution in [3.05, 3.63) is 22.7 Å². The normalized spacial score (nSPS) is 13.2. The van der Waals surface area contributed by atoms with E-state index in [0.717, 1.165) is 6.07 Å². The summed E-state index contributed by atoms with van der Waals surface area (Å²) in [6.07, 6.45) is 0. The Balaban J connectivity index is 3.23. The van der Waals surface area contributed by atoms with Gasteiger partial charge in [-0.25, -0.2) is 16.8 Å². The maximum absolute atomic E-state index is 12.1. The number of hydrogen-bond donors (Lipinski definition) is 1. The summed E-state index contributed by atoms with van der Waals surface area (Å²) in [7, 11) is -2.28. The van der Waals surface area contributed by atoms with Crippen LogP contribution in [0.1, 0.15) is 26.3 Å². The summed E-state index contributed by atoms with van der Waals surface area (Å²) in [6.45, 7) is 6.93. The molecule has 0 spiro atoms. The predicted octanol–water partition coefficient (Wildman–Crippen LogP) is 3.36. The van der Waals surface area contributed by atoms with Gasteiger partial charge in [0.2, 0.25) is 10.0 Å². The summed E-state index contributed by atoms with van der Waals surface area (Å²) >= 11 is 5.97. The second-order valence-corrected chi connectivity index (χ2v) is 10.7. The van der Waals surface area contributed by atoms with Gasteiger partial charge in [-0.05, 0) is 30.0 Å². The predicted molar refractivity (Wildman–Crippen MR) is 86.1 cm³/mol. The molecule has 1 N–H and O–H groups in total. The van der Waals surface area contributed by atoms with Gasteiger partial charge in [0.05, 0.1) is 21.4 Å². The Morgan fingerprint density at radius 3 is 2.05 bits per heavy atom. The van der Waals surface area contributed by atoms with Crippen molar-refractivity contribution in [2.75, 3.05) is 10.5 Å². The zero-order valence-corrected chi connectivity index (χ0v) is 15.2. The molecule has 0 aliphatic carbocycles. The van der Waals surface area contributed by atoms with Crippen molar-refractivity contribution in [2.45, 2.75) is 32.6 Å². The number of sulfonamides is 1. The van der Waals surface area contributed by atoms with Crippen molar-refractivity contribution >= 4 is 47.0 Å². The fourth-order valence-corrected chi connectivity index (χ4v) is 4.82. The first kappa shape index (κ1) is 18.5. The molecule has 0 saturated heterocycles. The molecule has 0 heterocycles. The molecule has 9 heteroatoms. The lowest BCUT2D eigenvalue weighted by Gasteiger charge is -2.20. The van der Waals surface area contributed by atoms with Crippen LogP contribution in [-0.4, -0.2) is 22.6 Å². The number of anilines is 1. The zero-order chi connectivity index (χ0) is 16.6. The molecule has 0 aliphatic rings. The standard InChI is InChI=1S/C12H17Cl2NO4S2/c1-8-5-9(21(14,18)19)6-10(13)11(8)15-20(16,17)7-12(2,3)4/h5-6,15H,7H2,1-4H3. The SMILES string of the molecule is Cc1cc(S(=O)(=O)Cl)cc(Cl)c1NS(=O)(=O)CC(C)(C)C. The minimum atomic E-state index is -3.93. The summed E-state index contributed by atoms with van der Waals surface area (Å²) < 4.78 is 49.1. The second-order valence-electron chi connectivity index (χ2n) is 5.96. The molecule has 120 valence electrons. The number of rotatable bonds is 4. The average molecular weight is 374 g/mol. The molecule has 5 nitrogen and oxygen atoms in total. The van der Waals surface area contributed by atoms with Crippen LogP contribution in [0.2, 0.25) is 5.02 Å². The first-order valence-electron chi connectivity index (χ1n) is 5.97. The number of benzene rings is 1. The fraction of sp³-hybridized carbons (Fsp3) is 0.500. The highest BCUT2D eigenvalue weighted by molar-refractivity contribution is 8.13. The Kier molecular flexibility index (Phi) is 5.25. The lowest BCUT2D eigenvalue weighted by atomic mass is 10.0. The first-order valence-corrected chi connectivity index (χ1v) is 10.3.